The summed E-state index contributed by atoms with van der Waals surface area (Å²) < 4.78 is 44.3. The maximum Gasteiger partial charge on any atom is 0.161 e. The lowest BCUT2D eigenvalue weighted by Crippen LogP contribution is -2.39. The highest BCUT2D eigenvalue weighted by atomic mass is 19.2. The number of halogens is 3. The van der Waals surface area contributed by atoms with Crippen LogP contribution in [0.1, 0.15) is 5.56 Å². The summed E-state index contributed by atoms with van der Waals surface area (Å²) in [5.74, 6) is -2.92. The van der Waals surface area contributed by atoms with Crippen molar-refractivity contribution in [2.45, 2.75) is 12.5 Å². The number of benzene rings is 1. The van der Waals surface area contributed by atoms with Gasteiger partial charge in [0.2, 0.25) is 0 Å². The molecule has 0 aliphatic carbocycles. The molecule has 0 aromatic heterocycles. The zero-order chi connectivity index (χ0) is 11.5. The molecule has 0 bridgehead atoms. The van der Waals surface area contributed by atoms with Crippen molar-refractivity contribution in [2.75, 3.05) is 19.7 Å². The van der Waals surface area contributed by atoms with E-state index in [9.17, 15) is 13.2 Å². The first kappa shape index (κ1) is 11.4. The average molecular weight is 231 g/mol. The molecule has 5 heteroatoms. The summed E-state index contributed by atoms with van der Waals surface area (Å²) in [6.45, 7) is 1.91. The van der Waals surface area contributed by atoms with E-state index < -0.39 is 17.5 Å². The number of ether oxygens (including phenoxy) is 1. The van der Waals surface area contributed by atoms with Gasteiger partial charge in [-0.25, -0.2) is 13.2 Å². The molecule has 2 rings (SSSR count). The maximum atomic E-state index is 13.3. The first-order chi connectivity index (χ1) is 7.66. The van der Waals surface area contributed by atoms with E-state index in [1.54, 1.807) is 0 Å². The van der Waals surface area contributed by atoms with Crippen LogP contribution in [0.25, 0.3) is 0 Å². The van der Waals surface area contributed by atoms with Crippen LogP contribution in [0, 0.1) is 17.5 Å². The lowest BCUT2D eigenvalue weighted by molar-refractivity contribution is 0.0287. The van der Waals surface area contributed by atoms with Crippen molar-refractivity contribution in [3.8, 4) is 0 Å². The predicted octanol–water partition coefficient (Wildman–Crippen LogP) is 1.63. The van der Waals surface area contributed by atoms with Crippen molar-refractivity contribution in [1.82, 2.24) is 5.32 Å². The van der Waals surface area contributed by atoms with Gasteiger partial charge in [-0.3, -0.25) is 0 Å². The van der Waals surface area contributed by atoms with Crippen LogP contribution in [-0.4, -0.2) is 25.8 Å². The predicted molar refractivity (Wildman–Crippen MR) is 52.6 cm³/mol. The molecule has 1 N–H and O–H groups in total. The molecule has 2 nitrogen and oxygen atoms in total. The van der Waals surface area contributed by atoms with E-state index in [1.807, 2.05) is 0 Å². The summed E-state index contributed by atoms with van der Waals surface area (Å²) in [5, 5.41) is 3.09. The van der Waals surface area contributed by atoms with Crippen LogP contribution in [-0.2, 0) is 11.2 Å². The standard InChI is InChI=1S/C11H12F3NO/c12-9-5-11(14)10(13)4-7(9)3-8-6-15-1-2-16-8/h4-5,8,15H,1-3,6H2. The van der Waals surface area contributed by atoms with E-state index in [2.05, 4.69) is 5.32 Å². The third-order valence-electron chi connectivity index (χ3n) is 2.54. The number of morpholine rings is 1. The van der Waals surface area contributed by atoms with Gasteiger partial charge < -0.3 is 10.1 Å². The molecule has 1 unspecified atom stereocenters. The molecule has 1 aromatic carbocycles. The Labute approximate surface area is 91.4 Å². The van der Waals surface area contributed by atoms with Gasteiger partial charge in [0, 0.05) is 25.6 Å². The van der Waals surface area contributed by atoms with Gasteiger partial charge >= 0.3 is 0 Å². The third kappa shape index (κ3) is 2.54. The van der Waals surface area contributed by atoms with Crippen LogP contribution in [0.15, 0.2) is 12.1 Å². The second-order valence-corrected chi connectivity index (χ2v) is 3.76. The van der Waals surface area contributed by atoms with Crippen molar-refractivity contribution in [1.29, 1.82) is 0 Å². The Hall–Kier alpha value is -1.07. The number of nitrogens with one attached hydrogen (secondary N) is 1. The van der Waals surface area contributed by atoms with Crippen LogP contribution >= 0.6 is 0 Å². The molecule has 0 spiro atoms. The van der Waals surface area contributed by atoms with E-state index in [0.29, 0.717) is 19.2 Å². The van der Waals surface area contributed by atoms with Gasteiger partial charge in [-0.2, -0.15) is 0 Å². The molecule has 1 aromatic rings. The topological polar surface area (TPSA) is 21.3 Å². The van der Waals surface area contributed by atoms with Gasteiger partial charge in [0.1, 0.15) is 5.82 Å². The molecule has 16 heavy (non-hydrogen) atoms. The van der Waals surface area contributed by atoms with Crippen LogP contribution in [0.3, 0.4) is 0 Å². The molecule has 1 heterocycles. The Balaban J connectivity index is 2.11. The highest BCUT2D eigenvalue weighted by Crippen LogP contribution is 2.16. The minimum Gasteiger partial charge on any atom is -0.375 e. The fourth-order valence-electron chi connectivity index (χ4n) is 1.72. The van der Waals surface area contributed by atoms with Crippen molar-refractivity contribution < 1.29 is 17.9 Å². The molecule has 1 saturated heterocycles. The van der Waals surface area contributed by atoms with Crippen LogP contribution in [0.5, 0.6) is 0 Å². The molecular formula is C11H12F3NO. The zero-order valence-corrected chi connectivity index (χ0v) is 8.60. The van der Waals surface area contributed by atoms with Crippen LogP contribution in [0.4, 0.5) is 13.2 Å². The van der Waals surface area contributed by atoms with E-state index >= 15 is 0 Å². The van der Waals surface area contributed by atoms with E-state index in [-0.39, 0.29) is 18.1 Å². The summed E-state index contributed by atoms with van der Waals surface area (Å²) in [7, 11) is 0. The summed E-state index contributed by atoms with van der Waals surface area (Å²) in [6, 6.07) is 1.46. The zero-order valence-electron chi connectivity index (χ0n) is 8.60. The summed E-state index contributed by atoms with van der Waals surface area (Å²) in [5.41, 5.74) is 0.146. The van der Waals surface area contributed by atoms with E-state index in [1.165, 1.54) is 0 Å². The lowest BCUT2D eigenvalue weighted by Gasteiger charge is -2.23. The van der Waals surface area contributed by atoms with Gasteiger partial charge in [0.05, 0.1) is 12.7 Å². The fraction of sp³-hybridized carbons (Fsp3) is 0.455. The second kappa shape index (κ2) is 4.84. The number of hydrogen-bond acceptors (Lipinski definition) is 2. The summed E-state index contributed by atoms with van der Waals surface area (Å²) in [4.78, 5) is 0. The minimum absolute atomic E-state index is 0.146. The van der Waals surface area contributed by atoms with Crippen LogP contribution in [0.2, 0.25) is 0 Å². The van der Waals surface area contributed by atoms with Gasteiger partial charge in [-0.15, -0.1) is 0 Å². The average Bonchev–Trinajstić information content (AvgIpc) is 2.27. The fourth-order valence-corrected chi connectivity index (χ4v) is 1.72. The number of rotatable bonds is 2. The maximum absolute atomic E-state index is 13.3. The Bertz CT molecular complexity index is 378. The highest BCUT2D eigenvalue weighted by Gasteiger charge is 2.17. The first-order valence-corrected chi connectivity index (χ1v) is 5.12. The van der Waals surface area contributed by atoms with Crippen molar-refractivity contribution in [3.05, 3.63) is 35.1 Å². The Morgan fingerprint density at radius 2 is 1.94 bits per heavy atom. The molecule has 0 amide bonds. The second-order valence-electron chi connectivity index (χ2n) is 3.76. The molecule has 0 radical (unpaired) electrons. The SMILES string of the molecule is Fc1cc(F)c(CC2CNCCO2)cc1F. The highest BCUT2D eigenvalue weighted by molar-refractivity contribution is 5.21. The number of hydrogen-bond donors (Lipinski definition) is 1. The Morgan fingerprint density at radius 3 is 2.62 bits per heavy atom. The minimum atomic E-state index is -1.16. The normalized spacial score (nSPS) is 21.1. The van der Waals surface area contributed by atoms with Crippen molar-refractivity contribution in [2.24, 2.45) is 0 Å². The Kier molecular flexibility index (Phi) is 3.46. The quantitative estimate of drug-likeness (QED) is 0.781. The smallest absolute Gasteiger partial charge is 0.161 e. The van der Waals surface area contributed by atoms with Gasteiger partial charge in [-0.05, 0) is 11.6 Å². The molecule has 1 aliphatic rings. The van der Waals surface area contributed by atoms with Gasteiger partial charge in [0.15, 0.2) is 11.6 Å². The molecular weight excluding hydrogens is 219 g/mol. The monoisotopic (exact) mass is 231 g/mol. The first-order valence-electron chi connectivity index (χ1n) is 5.12. The van der Waals surface area contributed by atoms with E-state index in [4.69, 9.17) is 4.74 Å². The van der Waals surface area contributed by atoms with Crippen molar-refractivity contribution in [3.63, 3.8) is 0 Å². The van der Waals surface area contributed by atoms with Crippen LogP contribution < -0.4 is 5.32 Å². The molecule has 1 atom stereocenters. The third-order valence-corrected chi connectivity index (χ3v) is 2.54. The van der Waals surface area contributed by atoms with Gasteiger partial charge in [0.25, 0.3) is 0 Å². The lowest BCUT2D eigenvalue weighted by atomic mass is 10.1. The Morgan fingerprint density at radius 1 is 1.19 bits per heavy atom. The molecule has 0 saturated carbocycles. The molecule has 1 aliphatic heterocycles. The largest absolute Gasteiger partial charge is 0.375 e. The van der Waals surface area contributed by atoms with E-state index in [0.717, 1.165) is 12.6 Å². The summed E-state index contributed by atoms with van der Waals surface area (Å²) >= 11 is 0. The molecule has 88 valence electrons. The summed E-state index contributed by atoms with van der Waals surface area (Å²) in [6.07, 6.45) is 0.0591. The van der Waals surface area contributed by atoms with Crippen molar-refractivity contribution >= 4 is 0 Å². The molecule has 1 fully saturated rings. The van der Waals surface area contributed by atoms with Gasteiger partial charge in [-0.1, -0.05) is 0 Å².